The summed E-state index contributed by atoms with van der Waals surface area (Å²) >= 11 is 0. The predicted octanol–water partition coefficient (Wildman–Crippen LogP) is 2.63. The molecule has 0 aliphatic carbocycles. The zero-order valence-electron chi connectivity index (χ0n) is 11.8. The van der Waals surface area contributed by atoms with Gasteiger partial charge < -0.3 is 10.5 Å². The largest absolute Gasteiger partial charge is 0.378 e. The number of amides is 1. The van der Waals surface area contributed by atoms with Crippen LogP contribution < -0.4 is 5.73 Å². The van der Waals surface area contributed by atoms with Crippen LogP contribution in [0.5, 0.6) is 0 Å². The summed E-state index contributed by atoms with van der Waals surface area (Å²) in [5, 5.41) is 0. The molecule has 1 aromatic carbocycles. The first-order valence-electron chi connectivity index (χ1n) is 6.99. The molecule has 2 N–H and O–H groups in total. The second-order valence-electron chi connectivity index (χ2n) is 5.90. The molecular weight excluding hydrogens is 238 g/mol. The van der Waals surface area contributed by atoms with Crippen molar-refractivity contribution in [2.45, 2.75) is 44.6 Å². The number of hydrogen-bond acceptors (Lipinski definition) is 2. The molecule has 0 aromatic heterocycles. The normalized spacial score (nSPS) is 27.4. The van der Waals surface area contributed by atoms with Gasteiger partial charge in [0.1, 0.15) is 0 Å². The van der Waals surface area contributed by atoms with Crippen LogP contribution in [0.15, 0.2) is 30.3 Å². The zero-order chi connectivity index (χ0) is 13.9. The van der Waals surface area contributed by atoms with E-state index in [1.54, 1.807) is 0 Å². The molecule has 0 saturated carbocycles. The average molecular weight is 261 g/mol. The summed E-state index contributed by atoms with van der Waals surface area (Å²) in [6.45, 7) is 5.02. The van der Waals surface area contributed by atoms with Crippen LogP contribution in [0.25, 0.3) is 0 Å². The lowest BCUT2D eigenvalue weighted by Gasteiger charge is -2.42. The maximum Gasteiger partial charge on any atom is 0.218 e. The van der Waals surface area contributed by atoms with E-state index >= 15 is 0 Å². The van der Waals surface area contributed by atoms with Crippen LogP contribution in [0.2, 0.25) is 0 Å². The van der Waals surface area contributed by atoms with Crippen molar-refractivity contribution in [2.75, 3.05) is 6.61 Å². The highest BCUT2D eigenvalue weighted by atomic mass is 16.5. The average Bonchev–Trinajstić information content (AvgIpc) is 2.39. The molecule has 2 unspecified atom stereocenters. The topological polar surface area (TPSA) is 52.3 Å². The van der Waals surface area contributed by atoms with Crippen molar-refractivity contribution < 1.29 is 9.53 Å². The van der Waals surface area contributed by atoms with E-state index in [4.69, 9.17) is 10.5 Å². The Kier molecular flexibility index (Phi) is 4.25. The lowest BCUT2D eigenvalue weighted by molar-refractivity contribution is -0.121. The van der Waals surface area contributed by atoms with Crippen molar-refractivity contribution in [1.82, 2.24) is 0 Å². The van der Waals surface area contributed by atoms with E-state index in [0.717, 1.165) is 12.8 Å². The van der Waals surface area contributed by atoms with Gasteiger partial charge in [0, 0.05) is 18.4 Å². The number of rotatable bonds is 4. The first kappa shape index (κ1) is 14.1. The van der Waals surface area contributed by atoms with Crippen LogP contribution in [-0.2, 0) is 14.9 Å². The second kappa shape index (κ2) is 5.74. The van der Waals surface area contributed by atoms with Gasteiger partial charge in [0.15, 0.2) is 0 Å². The van der Waals surface area contributed by atoms with Crippen LogP contribution in [-0.4, -0.2) is 18.6 Å². The summed E-state index contributed by atoms with van der Waals surface area (Å²) in [6.07, 6.45) is 2.35. The standard InChI is InChI=1S/C16H23NO2/c1-12(2)14-10-16(8-9-19-14,11-15(17)18)13-6-4-3-5-7-13/h3-7,12,14H,8-11H2,1-2H3,(H2,17,18). The molecule has 1 saturated heterocycles. The first-order chi connectivity index (χ1) is 9.03. The maximum absolute atomic E-state index is 11.5. The lowest BCUT2D eigenvalue weighted by atomic mass is 9.68. The molecule has 0 bridgehead atoms. The predicted molar refractivity (Wildman–Crippen MR) is 75.7 cm³/mol. The Labute approximate surface area is 115 Å². The van der Waals surface area contributed by atoms with Gasteiger partial charge >= 0.3 is 0 Å². The number of benzene rings is 1. The maximum atomic E-state index is 11.5. The highest BCUT2D eigenvalue weighted by molar-refractivity contribution is 5.75. The fourth-order valence-corrected chi connectivity index (χ4v) is 3.03. The highest BCUT2D eigenvalue weighted by Crippen LogP contribution is 2.41. The van der Waals surface area contributed by atoms with Crippen molar-refractivity contribution in [3.8, 4) is 0 Å². The molecule has 1 heterocycles. The minimum absolute atomic E-state index is 0.152. The highest BCUT2D eigenvalue weighted by Gasteiger charge is 2.40. The van der Waals surface area contributed by atoms with Crippen LogP contribution in [0, 0.1) is 5.92 Å². The van der Waals surface area contributed by atoms with E-state index in [-0.39, 0.29) is 17.4 Å². The third-order valence-electron chi connectivity index (χ3n) is 4.15. The van der Waals surface area contributed by atoms with Gasteiger partial charge in [0.05, 0.1) is 6.10 Å². The molecule has 2 atom stereocenters. The Morgan fingerprint density at radius 2 is 2.11 bits per heavy atom. The molecule has 1 aliphatic heterocycles. The Morgan fingerprint density at radius 3 is 2.68 bits per heavy atom. The Bertz CT molecular complexity index is 430. The molecule has 19 heavy (non-hydrogen) atoms. The minimum Gasteiger partial charge on any atom is -0.378 e. The van der Waals surface area contributed by atoms with Gasteiger partial charge in [0.2, 0.25) is 5.91 Å². The summed E-state index contributed by atoms with van der Waals surface area (Å²) in [6, 6.07) is 10.3. The number of ether oxygens (including phenoxy) is 1. The lowest BCUT2D eigenvalue weighted by Crippen LogP contribution is -2.43. The minimum atomic E-state index is -0.228. The number of carbonyl (C=O) groups excluding carboxylic acids is 1. The van der Waals surface area contributed by atoms with Gasteiger partial charge in [-0.3, -0.25) is 4.79 Å². The van der Waals surface area contributed by atoms with Gasteiger partial charge in [-0.15, -0.1) is 0 Å². The first-order valence-corrected chi connectivity index (χ1v) is 6.99. The van der Waals surface area contributed by atoms with E-state index in [9.17, 15) is 4.79 Å². The summed E-state index contributed by atoms with van der Waals surface area (Å²) in [5.41, 5.74) is 6.55. The Balaban J connectivity index is 2.32. The van der Waals surface area contributed by atoms with Crippen LogP contribution in [0.1, 0.15) is 38.7 Å². The van der Waals surface area contributed by atoms with Crippen molar-refractivity contribution in [1.29, 1.82) is 0 Å². The fraction of sp³-hybridized carbons (Fsp3) is 0.562. The summed E-state index contributed by atoms with van der Waals surface area (Å²) in [5.74, 6) is 0.226. The van der Waals surface area contributed by atoms with E-state index in [1.165, 1.54) is 5.56 Å². The van der Waals surface area contributed by atoms with Crippen LogP contribution in [0.3, 0.4) is 0 Å². The van der Waals surface area contributed by atoms with Crippen molar-refractivity contribution >= 4 is 5.91 Å². The zero-order valence-corrected chi connectivity index (χ0v) is 11.8. The molecule has 3 nitrogen and oxygen atoms in total. The van der Waals surface area contributed by atoms with Gasteiger partial charge in [-0.2, -0.15) is 0 Å². The van der Waals surface area contributed by atoms with Crippen LogP contribution in [0.4, 0.5) is 0 Å². The fourth-order valence-electron chi connectivity index (χ4n) is 3.03. The number of primary amides is 1. The third-order valence-corrected chi connectivity index (χ3v) is 4.15. The molecule has 1 aromatic rings. The van der Waals surface area contributed by atoms with Crippen molar-refractivity contribution in [3.63, 3.8) is 0 Å². The third kappa shape index (κ3) is 3.16. The van der Waals surface area contributed by atoms with Crippen molar-refractivity contribution in [3.05, 3.63) is 35.9 Å². The van der Waals surface area contributed by atoms with E-state index in [1.807, 2.05) is 18.2 Å². The molecule has 104 valence electrons. The van der Waals surface area contributed by atoms with E-state index in [2.05, 4.69) is 26.0 Å². The molecular formula is C16H23NO2. The number of hydrogen-bond donors (Lipinski definition) is 1. The molecule has 2 rings (SSSR count). The Hall–Kier alpha value is -1.35. The molecule has 1 amide bonds. The molecule has 1 fully saturated rings. The van der Waals surface area contributed by atoms with Gasteiger partial charge in [-0.25, -0.2) is 0 Å². The van der Waals surface area contributed by atoms with E-state index in [0.29, 0.717) is 18.9 Å². The summed E-state index contributed by atoms with van der Waals surface area (Å²) < 4.78 is 5.85. The molecule has 0 radical (unpaired) electrons. The van der Waals surface area contributed by atoms with Gasteiger partial charge in [0.25, 0.3) is 0 Å². The number of nitrogens with two attached hydrogens (primary N) is 1. The summed E-state index contributed by atoms with van der Waals surface area (Å²) in [4.78, 5) is 11.5. The van der Waals surface area contributed by atoms with Gasteiger partial charge in [-0.05, 0) is 24.3 Å². The Morgan fingerprint density at radius 1 is 1.42 bits per heavy atom. The van der Waals surface area contributed by atoms with Gasteiger partial charge in [-0.1, -0.05) is 44.2 Å². The molecule has 3 heteroatoms. The monoisotopic (exact) mass is 261 g/mol. The quantitative estimate of drug-likeness (QED) is 0.905. The molecule has 0 spiro atoms. The van der Waals surface area contributed by atoms with Crippen LogP contribution >= 0.6 is 0 Å². The SMILES string of the molecule is CC(C)C1CC(CC(N)=O)(c2ccccc2)CCO1. The molecule has 1 aliphatic rings. The second-order valence-corrected chi connectivity index (χ2v) is 5.90. The van der Waals surface area contributed by atoms with E-state index < -0.39 is 0 Å². The number of carbonyl (C=O) groups is 1. The summed E-state index contributed by atoms with van der Waals surface area (Å²) in [7, 11) is 0. The van der Waals surface area contributed by atoms with Crippen molar-refractivity contribution in [2.24, 2.45) is 11.7 Å². The smallest absolute Gasteiger partial charge is 0.218 e.